The third kappa shape index (κ3) is 2.59. The number of carbonyl (C=O) groups is 1. The number of carbonyl (C=O) groups excluding carboxylic acids is 1. The third-order valence-corrected chi connectivity index (χ3v) is 3.95. The molecule has 23 heavy (non-hydrogen) atoms. The van der Waals surface area contributed by atoms with Crippen molar-refractivity contribution in [3.05, 3.63) is 60.2 Å². The molecule has 1 amide bonds. The van der Waals surface area contributed by atoms with E-state index in [0.717, 1.165) is 17.7 Å². The molecule has 6 heteroatoms. The number of hydrogen-bond acceptors (Lipinski definition) is 4. The molecule has 2 aromatic carbocycles. The van der Waals surface area contributed by atoms with E-state index < -0.39 is 0 Å². The van der Waals surface area contributed by atoms with Gasteiger partial charge in [0.05, 0.1) is 0 Å². The maximum absolute atomic E-state index is 12.5. The Morgan fingerprint density at radius 3 is 2.70 bits per heavy atom. The lowest BCUT2D eigenvalue weighted by molar-refractivity contribution is -0.119. The molecule has 4 rings (SSSR count). The van der Waals surface area contributed by atoms with Gasteiger partial charge in [-0.1, -0.05) is 48.5 Å². The van der Waals surface area contributed by atoms with Crippen molar-refractivity contribution in [3.63, 3.8) is 0 Å². The van der Waals surface area contributed by atoms with Gasteiger partial charge < -0.3 is 4.90 Å². The summed E-state index contributed by atoms with van der Waals surface area (Å²) in [5, 5.41) is 12.3. The minimum atomic E-state index is -0.0213. The summed E-state index contributed by atoms with van der Waals surface area (Å²) in [5.74, 6) is 0.507. The Kier molecular flexibility index (Phi) is 3.34. The SMILES string of the molecule is O=C(Cn1nnc(-c2ccccc2)n1)N1CCc2ccccc21. The first-order valence-electron chi connectivity index (χ1n) is 7.53. The van der Waals surface area contributed by atoms with E-state index in [1.165, 1.54) is 10.4 Å². The van der Waals surface area contributed by atoms with Crippen LogP contribution in [0.3, 0.4) is 0 Å². The fourth-order valence-electron chi connectivity index (χ4n) is 2.82. The van der Waals surface area contributed by atoms with Crippen molar-refractivity contribution in [2.45, 2.75) is 13.0 Å². The van der Waals surface area contributed by atoms with Crippen molar-refractivity contribution in [3.8, 4) is 11.4 Å². The summed E-state index contributed by atoms with van der Waals surface area (Å²) in [6.45, 7) is 0.798. The molecule has 0 saturated heterocycles. The molecule has 0 spiro atoms. The lowest BCUT2D eigenvalue weighted by Crippen LogP contribution is -2.32. The highest BCUT2D eigenvalue weighted by Crippen LogP contribution is 2.27. The molecule has 114 valence electrons. The van der Waals surface area contributed by atoms with Gasteiger partial charge >= 0.3 is 0 Å². The van der Waals surface area contributed by atoms with Gasteiger partial charge in [0.25, 0.3) is 5.91 Å². The van der Waals surface area contributed by atoms with Crippen LogP contribution in [0.25, 0.3) is 11.4 Å². The topological polar surface area (TPSA) is 63.9 Å². The van der Waals surface area contributed by atoms with Crippen LogP contribution >= 0.6 is 0 Å². The first-order chi connectivity index (χ1) is 11.3. The first-order valence-corrected chi connectivity index (χ1v) is 7.53. The molecule has 6 nitrogen and oxygen atoms in total. The van der Waals surface area contributed by atoms with E-state index in [9.17, 15) is 4.79 Å². The van der Waals surface area contributed by atoms with Gasteiger partial charge in [-0.15, -0.1) is 10.2 Å². The summed E-state index contributed by atoms with van der Waals surface area (Å²) >= 11 is 0. The van der Waals surface area contributed by atoms with Crippen LogP contribution in [-0.4, -0.2) is 32.7 Å². The summed E-state index contributed by atoms with van der Waals surface area (Å²) < 4.78 is 0. The Morgan fingerprint density at radius 1 is 1.04 bits per heavy atom. The summed E-state index contributed by atoms with van der Waals surface area (Å²) in [7, 11) is 0. The maximum atomic E-state index is 12.5. The number of amides is 1. The fraction of sp³-hybridized carbons (Fsp3) is 0.176. The number of nitrogens with zero attached hydrogens (tertiary/aromatic N) is 5. The molecular weight excluding hydrogens is 290 g/mol. The average molecular weight is 305 g/mol. The van der Waals surface area contributed by atoms with Gasteiger partial charge in [-0.2, -0.15) is 4.80 Å². The molecule has 1 aliphatic rings. The Morgan fingerprint density at radius 2 is 1.83 bits per heavy atom. The number of rotatable bonds is 3. The third-order valence-electron chi connectivity index (χ3n) is 3.95. The van der Waals surface area contributed by atoms with Crippen LogP contribution in [0.5, 0.6) is 0 Å². The number of aromatic nitrogens is 4. The van der Waals surface area contributed by atoms with Crippen molar-refractivity contribution in [1.82, 2.24) is 20.2 Å². The number of para-hydroxylation sites is 1. The monoisotopic (exact) mass is 305 g/mol. The van der Waals surface area contributed by atoms with Crippen molar-refractivity contribution in [1.29, 1.82) is 0 Å². The first kappa shape index (κ1) is 13.6. The van der Waals surface area contributed by atoms with E-state index in [1.54, 1.807) is 4.90 Å². The minimum absolute atomic E-state index is 0.0213. The highest BCUT2D eigenvalue weighted by Gasteiger charge is 2.24. The van der Waals surface area contributed by atoms with Crippen LogP contribution in [0.1, 0.15) is 5.56 Å². The number of anilines is 1. The van der Waals surface area contributed by atoms with Crippen molar-refractivity contribution >= 4 is 11.6 Å². The fourth-order valence-corrected chi connectivity index (χ4v) is 2.82. The number of benzene rings is 2. The number of tetrazole rings is 1. The van der Waals surface area contributed by atoms with Crippen LogP contribution in [0.4, 0.5) is 5.69 Å². The van der Waals surface area contributed by atoms with Crippen LogP contribution < -0.4 is 4.90 Å². The van der Waals surface area contributed by atoms with Gasteiger partial charge in [0.2, 0.25) is 5.82 Å². The largest absolute Gasteiger partial charge is 0.310 e. The second kappa shape index (κ2) is 5.64. The number of hydrogen-bond donors (Lipinski definition) is 0. The predicted octanol–water partition coefficient (Wildman–Crippen LogP) is 1.93. The molecule has 0 radical (unpaired) electrons. The molecule has 3 aromatic rings. The summed E-state index contributed by atoms with van der Waals surface area (Å²) in [4.78, 5) is 15.7. The van der Waals surface area contributed by atoms with Crippen molar-refractivity contribution < 1.29 is 4.79 Å². The molecular formula is C17H15N5O. The Balaban J connectivity index is 1.51. The molecule has 0 saturated carbocycles. The average Bonchev–Trinajstić information content (AvgIpc) is 3.22. The van der Waals surface area contributed by atoms with Gasteiger partial charge in [-0.05, 0) is 23.3 Å². The molecule has 1 aromatic heterocycles. The molecule has 0 atom stereocenters. The summed E-state index contributed by atoms with van der Waals surface area (Å²) in [5.41, 5.74) is 3.08. The Bertz CT molecular complexity index is 843. The van der Waals surface area contributed by atoms with E-state index >= 15 is 0 Å². The van der Waals surface area contributed by atoms with Gasteiger partial charge in [0.15, 0.2) is 0 Å². The predicted molar refractivity (Wildman–Crippen MR) is 85.8 cm³/mol. The Labute approximate surface area is 133 Å². The summed E-state index contributed by atoms with van der Waals surface area (Å²) in [6, 6.07) is 17.6. The molecule has 0 fully saturated rings. The maximum Gasteiger partial charge on any atom is 0.250 e. The quantitative estimate of drug-likeness (QED) is 0.741. The molecule has 0 bridgehead atoms. The summed E-state index contributed by atoms with van der Waals surface area (Å²) in [6.07, 6.45) is 0.891. The Hall–Kier alpha value is -3.02. The van der Waals surface area contributed by atoms with Gasteiger partial charge in [-0.3, -0.25) is 4.79 Å². The van der Waals surface area contributed by atoms with Crippen LogP contribution in [0, 0.1) is 0 Å². The highest BCUT2D eigenvalue weighted by molar-refractivity contribution is 5.95. The normalized spacial score (nSPS) is 13.1. The lowest BCUT2D eigenvalue weighted by Gasteiger charge is -2.16. The van der Waals surface area contributed by atoms with E-state index in [-0.39, 0.29) is 12.5 Å². The van der Waals surface area contributed by atoms with E-state index in [1.807, 2.05) is 48.5 Å². The van der Waals surface area contributed by atoms with Crippen molar-refractivity contribution in [2.75, 3.05) is 11.4 Å². The smallest absolute Gasteiger partial charge is 0.250 e. The molecule has 0 N–H and O–H groups in total. The molecule has 2 heterocycles. The van der Waals surface area contributed by atoms with E-state index in [4.69, 9.17) is 0 Å². The van der Waals surface area contributed by atoms with Crippen LogP contribution in [0.2, 0.25) is 0 Å². The highest BCUT2D eigenvalue weighted by atomic mass is 16.2. The van der Waals surface area contributed by atoms with E-state index in [0.29, 0.717) is 12.4 Å². The lowest BCUT2D eigenvalue weighted by atomic mass is 10.2. The minimum Gasteiger partial charge on any atom is -0.310 e. The second-order valence-corrected chi connectivity index (χ2v) is 5.43. The zero-order chi connectivity index (χ0) is 15.6. The molecule has 1 aliphatic heterocycles. The number of fused-ring (bicyclic) bond motifs is 1. The van der Waals surface area contributed by atoms with E-state index in [2.05, 4.69) is 21.5 Å². The van der Waals surface area contributed by atoms with Crippen molar-refractivity contribution in [2.24, 2.45) is 0 Å². The molecule has 0 unspecified atom stereocenters. The van der Waals surface area contributed by atoms with Gasteiger partial charge in [-0.25, -0.2) is 0 Å². The second-order valence-electron chi connectivity index (χ2n) is 5.43. The van der Waals surface area contributed by atoms with Crippen LogP contribution in [-0.2, 0) is 17.8 Å². The standard InChI is InChI=1S/C17H15N5O/c23-16(21-11-10-13-6-4-5-9-15(13)21)12-22-19-17(18-20-22)14-7-2-1-3-8-14/h1-9H,10-12H2. The van der Waals surface area contributed by atoms with Gasteiger partial charge in [0, 0.05) is 17.8 Å². The molecule has 0 aliphatic carbocycles. The zero-order valence-electron chi connectivity index (χ0n) is 12.5. The zero-order valence-corrected chi connectivity index (χ0v) is 12.5. The van der Waals surface area contributed by atoms with Gasteiger partial charge in [0.1, 0.15) is 6.54 Å². The van der Waals surface area contributed by atoms with Crippen LogP contribution in [0.15, 0.2) is 54.6 Å².